The molecule has 0 saturated heterocycles. The van der Waals surface area contributed by atoms with Crippen LogP contribution in [-0.2, 0) is 47.6 Å². The van der Waals surface area contributed by atoms with Gasteiger partial charge < -0.3 is 9.80 Å². The van der Waals surface area contributed by atoms with E-state index in [1.165, 1.54) is 77.4 Å². The van der Waals surface area contributed by atoms with Crippen LogP contribution >= 0.6 is 31.9 Å². The zero-order chi connectivity index (χ0) is 64.2. The van der Waals surface area contributed by atoms with E-state index in [4.69, 9.17) is 0 Å². The van der Waals surface area contributed by atoms with Crippen LogP contribution in [0.4, 0.5) is 34.1 Å². The first-order valence-corrected chi connectivity index (χ1v) is 32.9. The zero-order valence-electron chi connectivity index (χ0n) is 52.8. The fourth-order valence-corrected chi connectivity index (χ4v) is 16.9. The van der Waals surface area contributed by atoms with Gasteiger partial charge in [0.25, 0.3) is 11.4 Å². The van der Waals surface area contributed by atoms with Gasteiger partial charge in [0.15, 0.2) is 24.5 Å². The molecule has 0 fully saturated rings. The lowest BCUT2D eigenvalue weighted by Gasteiger charge is -2.29. The van der Waals surface area contributed by atoms with Gasteiger partial charge in [-0.25, -0.2) is 0 Å². The molecule has 12 heteroatoms. The minimum absolute atomic E-state index is 0.0530. The Hall–Kier alpha value is -9.36. The quantitative estimate of drug-likeness (QED) is 0.0611. The highest BCUT2D eigenvalue weighted by Gasteiger charge is 2.49. The van der Waals surface area contributed by atoms with Crippen LogP contribution in [-0.4, -0.2) is 44.5 Å². The molecule has 92 heavy (non-hydrogen) atoms. The van der Waals surface area contributed by atoms with E-state index in [-0.39, 0.29) is 21.2 Å². The van der Waals surface area contributed by atoms with E-state index < -0.39 is 21.7 Å². The largest absolute Gasteiger partial charge is 0.347 e. The van der Waals surface area contributed by atoms with E-state index in [1.807, 2.05) is 24.3 Å². The van der Waals surface area contributed by atoms with E-state index in [0.29, 0.717) is 34.9 Å². The number of hydrogen-bond acceptors (Lipinski definition) is 6. The molecule has 10 aromatic rings. The maximum absolute atomic E-state index is 12.4. The molecule has 0 spiro atoms. The highest BCUT2D eigenvalue weighted by Crippen LogP contribution is 2.55. The molecule has 0 saturated carbocycles. The van der Waals surface area contributed by atoms with Gasteiger partial charge in [0.05, 0.1) is 29.6 Å². The van der Waals surface area contributed by atoms with E-state index >= 15 is 0 Å². The second-order valence-corrected chi connectivity index (χ2v) is 28.3. The summed E-state index contributed by atoms with van der Waals surface area (Å²) in [6.07, 6.45) is 14.7. The van der Waals surface area contributed by atoms with Gasteiger partial charge in [-0.15, -0.1) is 0 Å². The summed E-state index contributed by atoms with van der Waals surface area (Å²) in [5.74, 6) is 0. The Balaban J connectivity index is 0.877. The number of halogens is 2. The summed E-state index contributed by atoms with van der Waals surface area (Å²) in [5, 5.41) is 32.1. The van der Waals surface area contributed by atoms with Crippen molar-refractivity contribution in [3.63, 3.8) is 0 Å². The Labute approximate surface area is 553 Å². The number of fused-ring (bicyclic) bond motifs is 9. The highest BCUT2D eigenvalue weighted by atomic mass is 79.9. The minimum atomic E-state index is -0.582. The van der Waals surface area contributed by atoms with Crippen molar-refractivity contribution in [2.24, 2.45) is 0 Å². The molecule has 2 atom stereocenters. The van der Waals surface area contributed by atoms with Crippen LogP contribution in [0.1, 0.15) is 86.1 Å². The zero-order valence-corrected chi connectivity index (χ0v) is 56.0. The Bertz CT molecular complexity index is 4670. The maximum atomic E-state index is 12.4. The van der Waals surface area contributed by atoms with Gasteiger partial charge in [-0.2, -0.15) is 9.15 Å². The van der Waals surface area contributed by atoms with Crippen LogP contribution in [0.3, 0.4) is 0 Å². The van der Waals surface area contributed by atoms with Crippen molar-refractivity contribution >= 4 is 110 Å². The molecular formula is C80H70Br2N6O4+2. The lowest BCUT2D eigenvalue weighted by Crippen LogP contribution is -2.29. The number of nitro benzene ring substituents is 2. The van der Waals surface area contributed by atoms with Crippen LogP contribution in [0.25, 0.3) is 32.3 Å². The van der Waals surface area contributed by atoms with Crippen LogP contribution in [0.5, 0.6) is 0 Å². The van der Waals surface area contributed by atoms with Crippen LogP contribution < -0.4 is 9.80 Å². The highest BCUT2D eigenvalue weighted by molar-refractivity contribution is 9.11. The molecule has 4 aliphatic heterocycles. The monoisotopic (exact) mass is 1340 g/mol. The minimum Gasteiger partial charge on any atom is -0.347 e. The number of allylic oxidation sites excluding steroid dienone is 8. The van der Waals surface area contributed by atoms with Crippen molar-refractivity contribution in [1.82, 2.24) is 0 Å². The smallest absolute Gasteiger partial charge is 0.283 e. The molecule has 10 aromatic carbocycles. The number of hydrogen-bond donors (Lipinski definition) is 0. The number of likely N-dealkylation sites (N-methyl/N-ethyl adjacent to an activating group) is 2. The van der Waals surface area contributed by atoms with E-state index in [1.54, 1.807) is 12.1 Å². The summed E-state index contributed by atoms with van der Waals surface area (Å²) >= 11 is 7.08. The Kier molecular flexibility index (Phi) is 14.9. The molecule has 456 valence electrons. The fourth-order valence-electron chi connectivity index (χ4n) is 16.0. The predicted molar refractivity (Wildman–Crippen MR) is 383 cm³/mol. The maximum Gasteiger partial charge on any atom is 0.283 e. The Morgan fingerprint density at radius 3 is 1.22 bits per heavy atom. The van der Waals surface area contributed by atoms with Gasteiger partial charge in [-0.3, -0.25) is 20.2 Å². The molecule has 0 aliphatic carbocycles. The standard InChI is InChI=1S/C80H70Br2N6O4/c1-77(2)71(35-21-37-73-79(5,47-51-23-11-9-12-24-51)61-43-69(87(89)90)63(81)45-67(61)83(73)7)85(65-41-39-53-27-15-17-31-59(53)75(65)77)49-55-29-19-34-58-56(30-20-33-57(55)58)50-86-66-42-40-54-28-16-18-32-60(54)76(66)78(3,4)72(86)36-22-38-74-80(6,48-52-25-13-10-14-26-52)62-44-70(88(91)92)64(82)46-68(62)84(74)8/h9-46H,47-50H2,1-8H3/q+2. The summed E-state index contributed by atoms with van der Waals surface area (Å²) in [7, 11) is 4.14. The molecule has 14 rings (SSSR count). The van der Waals surface area contributed by atoms with E-state index in [0.717, 1.165) is 45.0 Å². The molecule has 0 N–H and O–H groups in total. The number of anilines is 2. The number of benzene rings is 10. The summed E-state index contributed by atoms with van der Waals surface area (Å²) in [6, 6.07) is 68.2. The predicted octanol–water partition coefficient (Wildman–Crippen LogP) is 19.8. The van der Waals surface area contributed by atoms with Crippen LogP contribution in [0, 0.1) is 20.2 Å². The molecule has 2 unspecified atom stereocenters. The molecule has 0 aromatic heterocycles. The molecule has 0 amide bonds. The SMILES string of the molecule is CN1/C(=C/C=C/C2=[N+](Cc3cccc4c(C[N+]5=C(/C=C/C=C6/N(C)c7cc(Br)c([N+](=O)[O-])cc7C6(C)Cc6ccccc6)C(C)(C)c6c5ccc5ccccc65)cccc34)c3ccc4ccccc4c3C2(C)C)C(C)(Cc2ccccc2)c2cc([N+](=O)[O-])c(Br)cc21. The lowest BCUT2D eigenvalue weighted by atomic mass is 9.76. The third-order valence-electron chi connectivity index (χ3n) is 20.4. The first kappa shape index (κ1) is 60.2. The first-order chi connectivity index (χ1) is 44.2. The number of rotatable bonds is 14. The van der Waals surface area contributed by atoms with Gasteiger partial charge in [-0.1, -0.05) is 158 Å². The molecule has 4 heterocycles. The summed E-state index contributed by atoms with van der Waals surface area (Å²) in [4.78, 5) is 28.6. The van der Waals surface area contributed by atoms with E-state index in [2.05, 4.69) is 301 Å². The lowest BCUT2D eigenvalue weighted by molar-refractivity contribution is -0.455. The number of nitro groups is 2. The van der Waals surface area contributed by atoms with Crippen LogP contribution in [0.15, 0.2) is 251 Å². The van der Waals surface area contributed by atoms with Crippen molar-refractivity contribution in [3.8, 4) is 0 Å². The Morgan fingerprint density at radius 1 is 0.457 bits per heavy atom. The summed E-state index contributed by atoms with van der Waals surface area (Å²) in [6.45, 7) is 15.0. The molecule has 0 radical (unpaired) electrons. The van der Waals surface area contributed by atoms with Crippen molar-refractivity contribution in [3.05, 3.63) is 316 Å². The first-order valence-electron chi connectivity index (χ1n) is 31.3. The molecule has 0 bridgehead atoms. The molecular weight excluding hydrogens is 1270 g/mol. The average Bonchev–Trinajstić information content (AvgIpc) is 1.59. The van der Waals surface area contributed by atoms with Gasteiger partial charge in [-0.05, 0) is 177 Å². The average molecular weight is 1340 g/mol. The van der Waals surface area contributed by atoms with E-state index in [9.17, 15) is 20.2 Å². The third kappa shape index (κ3) is 9.78. The number of nitrogens with zero attached hydrogens (tertiary/aromatic N) is 6. The van der Waals surface area contributed by atoms with Crippen molar-refractivity contribution in [2.45, 2.75) is 89.1 Å². The fraction of sp³-hybridized carbons (Fsp3) is 0.200. The van der Waals surface area contributed by atoms with Gasteiger partial charge >= 0.3 is 0 Å². The van der Waals surface area contributed by atoms with Gasteiger partial charge in [0, 0.05) is 106 Å². The van der Waals surface area contributed by atoms with Crippen molar-refractivity contribution in [1.29, 1.82) is 0 Å². The second kappa shape index (κ2) is 22.8. The normalized spacial score (nSPS) is 19.6. The van der Waals surface area contributed by atoms with Gasteiger partial charge in [0.1, 0.15) is 0 Å². The summed E-state index contributed by atoms with van der Waals surface area (Å²) < 4.78 is 5.96. The molecule has 4 aliphatic rings. The van der Waals surface area contributed by atoms with Crippen LogP contribution in [0.2, 0.25) is 0 Å². The van der Waals surface area contributed by atoms with Crippen molar-refractivity contribution in [2.75, 3.05) is 23.9 Å². The third-order valence-corrected chi connectivity index (χ3v) is 21.6. The summed E-state index contributed by atoms with van der Waals surface area (Å²) in [5.41, 5.74) is 15.9. The topological polar surface area (TPSA) is 98.8 Å². The van der Waals surface area contributed by atoms with Gasteiger partial charge in [0.2, 0.25) is 11.4 Å². The second-order valence-electron chi connectivity index (χ2n) is 26.6. The van der Waals surface area contributed by atoms with Crippen molar-refractivity contribution < 1.29 is 19.0 Å². The Morgan fingerprint density at radius 2 is 0.826 bits per heavy atom. The molecule has 10 nitrogen and oxygen atoms in total.